The maximum Gasteiger partial charge on any atom is 0.246 e. The second kappa shape index (κ2) is 7.15. The molecule has 0 radical (unpaired) electrons. The second-order valence-corrected chi connectivity index (χ2v) is 8.10. The lowest BCUT2D eigenvalue weighted by Crippen LogP contribution is -2.35. The monoisotopic (exact) mass is 391 g/mol. The van der Waals surface area contributed by atoms with Gasteiger partial charge in [0.05, 0.1) is 7.11 Å². The molecule has 0 bridgehead atoms. The summed E-state index contributed by atoms with van der Waals surface area (Å²) in [5, 5.41) is 8.85. The van der Waals surface area contributed by atoms with E-state index in [0.29, 0.717) is 17.9 Å². The minimum Gasteiger partial charge on any atom is -0.497 e. The standard InChI is InChI=1S/C22H25N5O2/c1-25-11-16-12-26(13-18(16)22(25)15-7-9-17(29-2)10-8-15)21(28)14-27-23-19-5-3-4-6-20(19)24-27/h3-10,16,18,22H,11-14H2,1-2H3/t16-,18+,22-/m0/s1. The van der Waals surface area contributed by atoms with Crippen molar-refractivity contribution in [1.82, 2.24) is 24.8 Å². The van der Waals surface area contributed by atoms with E-state index in [2.05, 4.69) is 34.3 Å². The molecule has 2 aliphatic rings. The van der Waals surface area contributed by atoms with E-state index in [1.165, 1.54) is 10.4 Å². The van der Waals surface area contributed by atoms with Crippen LogP contribution in [0.4, 0.5) is 0 Å². The summed E-state index contributed by atoms with van der Waals surface area (Å²) in [6.07, 6.45) is 0. The van der Waals surface area contributed by atoms with E-state index in [4.69, 9.17) is 4.74 Å². The van der Waals surface area contributed by atoms with Crippen LogP contribution in [0.25, 0.3) is 11.0 Å². The van der Waals surface area contributed by atoms with E-state index in [1.54, 1.807) is 7.11 Å². The summed E-state index contributed by atoms with van der Waals surface area (Å²) in [5.41, 5.74) is 2.93. The van der Waals surface area contributed by atoms with Crippen molar-refractivity contribution in [2.45, 2.75) is 12.6 Å². The zero-order chi connectivity index (χ0) is 20.0. The Balaban J connectivity index is 1.30. The number of carbonyl (C=O) groups is 1. The van der Waals surface area contributed by atoms with Crippen LogP contribution < -0.4 is 4.74 Å². The highest BCUT2D eigenvalue weighted by atomic mass is 16.5. The van der Waals surface area contributed by atoms with Gasteiger partial charge in [0.1, 0.15) is 23.3 Å². The Labute approximate surface area is 169 Å². The van der Waals surface area contributed by atoms with Crippen molar-refractivity contribution in [3.05, 3.63) is 54.1 Å². The number of nitrogens with zero attached hydrogens (tertiary/aromatic N) is 5. The second-order valence-electron chi connectivity index (χ2n) is 8.10. The summed E-state index contributed by atoms with van der Waals surface area (Å²) in [7, 11) is 3.86. The lowest BCUT2D eigenvalue weighted by molar-refractivity contribution is -0.131. The molecule has 2 fully saturated rings. The molecule has 3 heterocycles. The summed E-state index contributed by atoms with van der Waals surface area (Å²) in [4.78, 5) is 18.9. The summed E-state index contributed by atoms with van der Waals surface area (Å²) in [6, 6.07) is 16.3. The zero-order valence-corrected chi connectivity index (χ0v) is 16.7. The number of likely N-dealkylation sites (tertiary alicyclic amines) is 2. The summed E-state index contributed by atoms with van der Waals surface area (Å²) in [5.74, 6) is 1.91. The van der Waals surface area contributed by atoms with E-state index in [9.17, 15) is 4.79 Å². The molecule has 29 heavy (non-hydrogen) atoms. The van der Waals surface area contributed by atoms with Crippen molar-refractivity contribution >= 4 is 16.9 Å². The van der Waals surface area contributed by atoms with Gasteiger partial charge in [-0.3, -0.25) is 9.69 Å². The molecular weight excluding hydrogens is 366 g/mol. The molecule has 5 rings (SSSR count). The Morgan fingerprint density at radius 1 is 1.03 bits per heavy atom. The van der Waals surface area contributed by atoms with Crippen molar-refractivity contribution in [2.75, 3.05) is 33.8 Å². The Hall–Kier alpha value is -2.93. The van der Waals surface area contributed by atoms with Crippen LogP contribution in [0.1, 0.15) is 11.6 Å². The van der Waals surface area contributed by atoms with Crippen LogP contribution >= 0.6 is 0 Å². The van der Waals surface area contributed by atoms with E-state index in [0.717, 1.165) is 36.4 Å². The molecule has 0 saturated carbocycles. The van der Waals surface area contributed by atoms with Gasteiger partial charge in [-0.1, -0.05) is 24.3 Å². The Bertz CT molecular complexity index is 998. The van der Waals surface area contributed by atoms with E-state index >= 15 is 0 Å². The highest BCUT2D eigenvalue weighted by Crippen LogP contribution is 2.44. The van der Waals surface area contributed by atoms with Gasteiger partial charge in [0, 0.05) is 31.6 Å². The average Bonchev–Trinajstić information content (AvgIpc) is 3.39. The molecule has 7 heteroatoms. The van der Waals surface area contributed by atoms with Gasteiger partial charge in [-0.15, -0.1) is 0 Å². The molecular formula is C22H25N5O2. The number of carbonyl (C=O) groups excluding carboxylic acids is 1. The molecule has 0 spiro atoms. The third-order valence-corrected chi connectivity index (χ3v) is 6.31. The van der Waals surface area contributed by atoms with Crippen LogP contribution in [0.5, 0.6) is 5.75 Å². The molecule has 7 nitrogen and oxygen atoms in total. The topological polar surface area (TPSA) is 63.5 Å². The Morgan fingerprint density at radius 3 is 2.38 bits per heavy atom. The normalized spacial score (nSPS) is 24.2. The van der Waals surface area contributed by atoms with Crippen molar-refractivity contribution in [3.63, 3.8) is 0 Å². The molecule has 0 aliphatic carbocycles. The Morgan fingerprint density at radius 2 is 1.72 bits per heavy atom. The van der Waals surface area contributed by atoms with Gasteiger partial charge in [0.2, 0.25) is 5.91 Å². The Kier molecular flexibility index (Phi) is 4.47. The summed E-state index contributed by atoms with van der Waals surface area (Å²) < 4.78 is 5.29. The maximum atomic E-state index is 12.9. The first-order valence-corrected chi connectivity index (χ1v) is 10.0. The van der Waals surface area contributed by atoms with Gasteiger partial charge in [-0.2, -0.15) is 15.0 Å². The molecule has 150 valence electrons. The first kappa shape index (κ1) is 18.1. The van der Waals surface area contributed by atoms with Crippen LogP contribution in [0, 0.1) is 11.8 Å². The van der Waals surface area contributed by atoms with Crippen molar-refractivity contribution in [1.29, 1.82) is 0 Å². The number of aromatic nitrogens is 3. The molecule has 2 aromatic carbocycles. The van der Waals surface area contributed by atoms with Crippen LogP contribution in [0.3, 0.4) is 0 Å². The first-order chi connectivity index (χ1) is 14.1. The van der Waals surface area contributed by atoms with Crippen molar-refractivity contribution in [3.8, 4) is 5.75 Å². The van der Waals surface area contributed by atoms with Gasteiger partial charge in [-0.25, -0.2) is 0 Å². The maximum absolute atomic E-state index is 12.9. The van der Waals surface area contributed by atoms with Crippen molar-refractivity contribution in [2.24, 2.45) is 11.8 Å². The van der Waals surface area contributed by atoms with E-state index < -0.39 is 0 Å². The highest BCUT2D eigenvalue weighted by molar-refractivity contribution is 5.77. The fourth-order valence-electron chi connectivity index (χ4n) is 4.96. The molecule has 0 N–H and O–H groups in total. The number of hydrogen-bond acceptors (Lipinski definition) is 5. The van der Waals surface area contributed by atoms with Gasteiger partial charge in [0.15, 0.2) is 0 Å². The zero-order valence-electron chi connectivity index (χ0n) is 16.7. The van der Waals surface area contributed by atoms with Crippen LogP contribution in [0.15, 0.2) is 48.5 Å². The average molecular weight is 391 g/mol. The molecule has 1 aromatic heterocycles. The number of ether oxygens (including phenoxy) is 1. The van der Waals surface area contributed by atoms with Crippen LogP contribution in [-0.4, -0.2) is 64.5 Å². The predicted octanol–water partition coefficient (Wildman–Crippen LogP) is 2.20. The number of benzene rings is 2. The molecule has 0 unspecified atom stereocenters. The highest BCUT2D eigenvalue weighted by Gasteiger charge is 2.47. The lowest BCUT2D eigenvalue weighted by Gasteiger charge is -2.27. The van der Waals surface area contributed by atoms with Gasteiger partial charge in [-0.05, 0) is 42.8 Å². The number of amides is 1. The third-order valence-electron chi connectivity index (χ3n) is 6.31. The van der Waals surface area contributed by atoms with Gasteiger partial charge < -0.3 is 9.64 Å². The molecule has 3 aromatic rings. The van der Waals surface area contributed by atoms with Gasteiger partial charge >= 0.3 is 0 Å². The lowest BCUT2D eigenvalue weighted by atomic mass is 9.89. The van der Waals surface area contributed by atoms with E-state index in [-0.39, 0.29) is 12.5 Å². The quantitative estimate of drug-likeness (QED) is 0.682. The summed E-state index contributed by atoms with van der Waals surface area (Å²) in [6.45, 7) is 2.79. The molecule has 2 saturated heterocycles. The SMILES string of the molecule is COc1ccc([C@H]2[C@@H]3CN(C(=O)Cn4nc5ccccc5n4)C[C@@H]3CN2C)cc1. The number of hydrogen-bond donors (Lipinski definition) is 0. The number of rotatable bonds is 4. The van der Waals surface area contributed by atoms with Crippen molar-refractivity contribution < 1.29 is 9.53 Å². The third kappa shape index (κ3) is 3.25. The molecule has 2 aliphatic heterocycles. The number of methoxy groups -OCH3 is 1. The fourth-order valence-corrected chi connectivity index (χ4v) is 4.96. The van der Waals surface area contributed by atoms with Gasteiger partial charge in [0.25, 0.3) is 0 Å². The minimum absolute atomic E-state index is 0.0934. The fraction of sp³-hybridized carbons (Fsp3) is 0.409. The predicted molar refractivity (Wildman–Crippen MR) is 109 cm³/mol. The molecule has 3 atom stereocenters. The minimum atomic E-state index is 0.0934. The smallest absolute Gasteiger partial charge is 0.246 e. The van der Waals surface area contributed by atoms with Crippen LogP contribution in [-0.2, 0) is 11.3 Å². The molecule has 1 amide bonds. The van der Waals surface area contributed by atoms with E-state index in [1.807, 2.05) is 41.3 Å². The first-order valence-electron chi connectivity index (χ1n) is 10.0. The number of fused-ring (bicyclic) bond motifs is 2. The van der Waals surface area contributed by atoms with Crippen LogP contribution in [0.2, 0.25) is 0 Å². The largest absolute Gasteiger partial charge is 0.497 e. The summed E-state index contributed by atoms with van der Waals surface area (Å²) >= 11 is 0.